The van der Waals surface area contributed by atoms with Gasteiger partial charge >= 0.3 is 0 Å². The topological polar surface area (TPSA) is 69.0 Å². The minimum Gasteiger partial charge on any atom is -0.377 e. The van der Waals surface area contributed by atoms with E-state index >= 15 is 0 Å². The molecule has 1 aliphatic rings. The molecule has 0 saturated carbocycles. The zero-order valence-electron chi connectivity index (χ0n) is 13.1. The fourth-order valence-electron chi connectivity index (χ4n) is 2.80. The summed E-state index contributed by atoms with van der Waals surface area (Å²) in [5, 5.41) is 7.76. The van der Waals surface area contributed by atoms with Gasteiger partial charge in [0.25, 0.3) is 0 Å². The Morgan fingerprint density at radius 1 is 1.48 bits per heavy atom. The van der Waals surface area contributed by atoms with E-state index in [9.17, 15) is 4.79 Å². The van der Waals surface area contributed by atoms with Crippen LogP contribution in [0.15, 0.2) is 24.3 Å². The summed E-state index contributed by atoms with van der Waals surface area (Å²) in [6.45, 7) is 2.65. The summed E-state index contributed by atoms with van der Waals surface area (Å²) in [5.41, 5.74) is 0.737. The van der Waals surface area contributed by atoms with Crippen molar-refractivity contribution in [2.24, 2.45) is 13.0 Å². The number of rotatable bonds is 4. The number of nitrogens with zero attached hydrogens (tertiary/aromatic N) is 3. The quantitative estimate of drug-likeness (QED) is 0.933. The second-order valence-electron chi connectivity index (χ2n) is 5.56. The molecule has 1 fully saturated rings. The molecule has 1 aromatic carbocycles. The van der Waals surface area contributed by atoms with Gasteiger partial charge in [0, 0.05) is 19.2 Å². The molecule has 0 unspecified atom stereocenters. The summed E-state index contributed by atoms with van der Waals surface area (Å²) in [5.74, 6) is 0.686. The summed E-state index contributed by atoms with van der Waals surface area (Å²) >= 11 is 6.17. The van der Waals surface area contributed by atoms with Crippen LogP contribution in [0, 0.1) is 5.92 Å². The normalized spacial score (nSPS) is 20.7. The molecule has 0 spiro atoms. The van der Waals surface area contributed by atoms with Crippen molar-refractivity contribution in [1.82, 2.24) is 14.8 Å². The molecule has 1 N–H and O–H groups in total. The standard InChI is InChI=1S/C16H19ClN4O2/c1-3-13-11(8-9-23-13)15(22)19-16-18-14(20-21(16)2)10-6-4-5-7-12(10)17/h4-7,11,13H,3,8-9H2,1-2H3,(H,18,19,20,22)/t11-,13+/m0/s1. The number of anilines is 1. The third-order valence-electron chi connectivity index (χ3n) is 4.06. The van der Waals surface area contributed by atoms with Crippen molar-refractivity contribution in [1.29, 1.82) is 0 Å². The monoisotopic (exact) mass is 334 g/mol. The first-order valence-corrected chi connectivity index (χ1v) is 8.06. The molecular weight excluding hydrogens is 316 g/mol. The van der Waals surface area contributed by atoms with Gasteiger partial charge in [0.15, 0.2) is 5.82 Å². The number of amides is 1. The number of ether oxygens (including phenoxy) is 1. The third kappa shape index (κ3) is 3.23. The molecule has 2 aromatic rings. The number of carbonyl (C=O) groups is 1. The summed E-state index contributed by atoms with van der Waals surface area (Å²) in [4.78, 5) is 16.8. The minimum atomic E-state index is -0.138. The predicted molar refractivity (Wildman–Crippen MR) is 88.2 cm³/mol. The maximum atomic E-state index is 12.5. The van der Waals surface area contributed by atoms with Gasteiger partial charge in [-0.15, -0.1) is 5.10 Å². The summed E-state index contributed by atoms with van der Waals surface area (Å²) in [7, 11) is 1.74. The van der Waals surface area contributed by atoms with Crippen molar-refractivity contribution < 1.29 is 9.53 Å². The van der Waals surface area contributed by atoms with Gasteiger partial charge in [-0.1, -0.05) is 30.7 Å². The van der Waals surface area contributed by atoms with Gasteiger partial charge in [-0.2, -0.15) is 4.98 Å². The van der Waals surface area contributed by atoms with Crippen molar-refractivity contribution in [2.75, 3.05) is 11.9 Å². The molecule has 23 heavy (non-hydrogen) atoms. The van der Waals surface area contributed by atoms with Crippen molar-refractivity contribution in [3.05, 3.63) is 29.3 Å². The van der Waals surface area contributed by atoms with Crippen LogP contribution in [0.4, 0.5) is 5.95 Å². The fourth-order valence-corrected chi connectivity index (χ4v) is 3.02. The Hall–Kier alpha value is -1.92. The maximum absolute atomic E-state index is 12.5. The van der Waals surface area contributed by atoms with Crippen LogP contribution in [0.2, 0.25) is 5.02 Å². The highest BCUT2D eigenvalue weighted by Gasteiger charge is 2.33. The Bertz CT molecular complexity index is 716. The number of aryl methyl sites for hydroxylation is 1. The van der Waals surface area contributed by atoms with Gasteiger partial charge in [0.2, 0.25) is 11.9 Å². The molecule has 1 aromatic heterocycles. The summed E-state index contributed by atoms with van der Waals surface area (Å²) in [6, 6.07) is 7.36. The first kappa shape index (κ1) is 16.0. The van der Waals surface area contributed by atoms with Gasteiger partial charge in [-0.05, 0) is 25.0 Å². The van der Waals surface area contributed by atoms with Crippen molar-refractivity contribution >= 4 is 23.5 Å². The van der Waals surface area contributed by atoms with Gasteiger partial charge in [0.05, 0.1) is 17.0 Å². The number of halogens is 1. The van der Waals surface area contributed by atoms with Crippen LogP contribution < -0.4 is 5.32 Å². The third-order valence-corrected chi connectivity index (χ3v) is 4.39. The van der Waals surface area contributed by atoms with E-state index in [0.29, 0.717) is 23.4 Å². The number of benzene rings is 1. The number of hydrogen-bond acceptors (Lipinski definition) is 4. The number of aromatic nitrogens is 3. The Labute approximate surface area is 139 Å². The zero-order chi connectivity index (χ0) is 16.4. The highest BCUT2D eigenvalue weighted by Crippen LogP contribution is 2.27. The van der Waals surface area contributed by atoms with Crippen LogP contribution in [0.25, 0.3) is 11.4 Å². The maximum Gasteiger partial charge on any atom is 0.232 e. The molecule has 2 atom stereocenters. The van der Waals surface area contributed by atoms with Gasteiger partial charge in [-0.3, -0.25) is 10.1 Å². The average molecular weight is 335 g/mol. The van der Waals surface area contributed by atoms with E-state index in [1.54, 1.807) is 17.8 Å². The SMILES string of the molecule is CC[C@H]1OCC[C@@H]1C(=O)Nc1nc(-c2ccccc2Cl)nn1C. The number of carbonyl (C=O) groups excluding carboxylic acids is 1. The Balaban J connectivity index is 1.79. The number of nitrogens with one attached hydrogen (secondary N) is 1. The lowest BCUT2D eigenvalue weighted by molar-refractivity contribution is -0.121. The molecule has 2 heterocycles. The molecule has 1 saturated heterocycles. The molecule has 1 aliphatic heterocycles. The van der Waals surface area contributed by atoms with Crippen LogP contribution >= 0.6 is 11.6 Å². The van der Waals surface area contributed by atoms with Crippen molar-refractivity contribution in [3.63, 3.8) is 0 Å². The fraction of sp³-hybridized carbons (Fsp3) is 0.438. The highest BCUT2D eigenvalue weighted by atomic mass is 35.5. The Morgan fingerprint density at radius 2 is 2.26 bits per heavy atom. The molecule has 0 radical (unpaired) electrons. The molecule has 0 aliphatic carbocycles. The van der Waals surface area contributed by atoms with Crippen LogP contribution in [-0.2, 0) is 16.6 Å². The van der Waals surface area contributed by atoms with Crippen LogP contribution in [-0.4, -0.2) is 33.4 Å². The van der Waals surface area contributed by atoms with Crippen LogP contribution in [0.3, 0.4) is 0 Å². The molecule has 3 rings (SSSR count). The lowest BCUT2D eigenvalue weighted by Crippen LogP contribution is -2.30. The largest absolute Gasteiger partial charge is 0.377 e. The van der Waals surface area contributed by atoms with E-state index in [1.807, 2.05) is 25.1 Å². The lowest BCUT2D eigenvalue weighted by Gasteiger charge is -2.15. The second kappa shape index (κ2) is 6.68. The first-order valence-electron chi connectivity index (χ1n) is 7.68. The van der Waals surface area contributed by atoms with E-state index in [2.05, 4.69) is 15.4 Å². The number of hydrogen-bond donors (Lipinski definition) is 1. The second-order valence-corrected chi connectivity index (χ2v) is 5.97. The Morgan fingerprint density at radius 3 is 3.00 bits per heavy atom. The lowest BCUT2D eigenvalue weighted by atomic mass is 9.99. The van der Waals surface area contributed by atoms with Crippen LogP contribution in [0.5, 0.6) is 0 Å². The van der Waals surface area contributed by atoms with E-state index in [1.165, 1.54) is 0 Å². The molecule has 6 nitrogen and oxygen atoms in total. The Kier molecular flexibility index (Phi) is 4.63. The van der Waals surface area contributed by atoms with Crippen LogP contribution in [0.1, 0.15) is 19.8 Å². The highest BCUT2D eigenvalue weighted by molar-refractivity contribution is 6.33. The molecule has 122 valence electrons. The van der Waals surface area contributed by atoms with Gasteiger partial charge < -0.3 is 4.74 Å². The summed E-state index contributed by atoms with van der Waals surface area (Å²) < 4.78 is 7.12. The zero-order valence-corrected chi connectivity index (χ0v) is 13.9. The van der Waals surface area contributed by atoms with E-state index in [4.69, 9.17) is 16.3 Å². The van der Waals surface area contributed by atoms with Gasteiger partial charge in [0.1, 0.15) is 0 Å². The smallest absolute Gasteiger partial charge is 0.232 e. The first-order chi connectivity index (χ1) is 11.1. The van der Waals surface area contributed by atoms with E-state index in [0.717, 1.165) is 18.4 Å². The van der Waals surface area contributed by atoms with E-state index in [-0.39, 0.29) is 17.9 Å². The van der Waals surface area contributed by atoms with Gasteiger partial charge in [-0.25, -0.2) is 4.68 Å². The van der Waals surface area contributed by atoms with E-state index < -0.39 is 0 Å². The minimum absolute atomic E-state index is 0.0220. The predicted octanol–water partition coefficient (Wildman–Crippen LogP) is 2.89. The molecule has 1 amide bonds. The molecule has 0 bridgehead atoms. The summed E-state index contributed by atoms with van der Waals surface area (Å²) in [6.07, 6.45) is 1.53. The molecule has 7 heteroatoms. The molecular formula is C16H19ClN4O2. The van der Waals surface area contributed by atoms with Crippen molar-refractivity contribution in [2.45, 2.75) is 25.9 Å². The van der Waals surface area contributed by atoms with Crippen molar-refractivity contribution in [3.8, 4) is 11.4 Å². The average Bonchev–Trinajstić information content (AvgIpc) is 3.15.